The average Bonchev–Trinajstić information content (AvgIpc) is 3.28. The SMILES string of the molecule is CC1CC(CNC(=O)[C@@]23CNC[C@@H]2CN(Cc2ccccc2)C3)NN1. The molecule has 25 heavy (non-hydrogen) atoms. The standard InChI is InChI=1S/C19H29N5O/c1-14-7-17(23-22-14)9-21-18(25)19-12-20-8-16(19)11-24(13-19)10-15-5-3-2-4-6-15/h2-6,14,16-17,20,22-23H,7-13H2,1H3,(H,21,25)/t14?,16-,17?,19-/m1/s1. The molecule has 6 heteroatoms. The Hall–Kier alpha value is -1.47. The van der Waals surface area contributed by atoms with Crippen molar-refractivity contribution >= 4 is 5.91 Å². The van der Waals surface area contributed by atoms with E-state index in [9.17, 15) is 4.79 Å². The van der Waals surface area contributed by atoms with Gasteiger partial charge in [-0.15, -0.1) is 0 Å². The van der Waals surface area contributed by atoms with Gasteiger partial charge >= 0.3 is 0 Å². The summed E-state index contributed by atoms with van der Waals surface area (Å²) in [4.78, 5) is 15.5. The van der Waals surface area contributed by atoms with Crippen LogP contribution in [0.5, 0.6) is 0 Å². The number of hydrogen-bond donors (Lipinski definition) is 4. The van der Waals surface area contributed by atoms with Gasteiger partial charge in [-0.1, -0.05) is 30.3 Å². The van der Waals surface area contributed by atoms with Gasteiger partial charge in [-0.2, -0.15) is 0 Å². The summed E-state index contributed by atoms with van der Waals surface area (Å²) in [7, 11) is 0. The molecule has 6 nitrogen and oxygen atoms in total. The molecule has 2 unspecified atom stereocenters. The van der Waals surface area contributed by atoms with Crippen molar-refractivity contribution < 1.29 is 4.79 Å². The van der Waals surface area contributed by atoms with Gasteiger partial charge in [0.15, 0.2) is 0 Å². The predicted molar refractivity (Wildman–Crippen MR) is 97.7 cm³/mol. The summed E-state index contributed by atoms with van der Waals surface area (Å²) in [6.45, 7) is 7.36. The zero-order chi connectivity index (χ0) is 17.3. The van der Waals surface area contributed by atoms with E-state index in [1.54, 1.807) is 0 Å². The molecule has 3 saturated heterocycles. The maximum atomic E-state index is 13.1. The lowest BCUT2D eigenvalue weighted by molar-refractivity contribution is -0.130. The van der Waals surface area contributed by atoms with E-state index in [-0.39, 0.29) is 11.3 Å². The van der Waals surface area contributed by atoms with Crippen molar-refractivity contribution in [2.45, 2.75) is 32.0 Å². The molecule has 3 fully saturated rings. The normalized spacial score (nSPS) is 35.0. The number of likely N-dealkylation sites (tertiary alicyclic amines) is 1. The van der Waals surface area contributed by atoms with Crippen molar-refractivity contribution in [2.75, 3.05) is 32.7 Å². The molecule has 1 aromatic rings. The van der Waals surface area contributed by atoms with Crippen LogP contribution in [-0.4, -0.2) is 55.6 Å². The van der Waals surface area contributed by atoms with Crippen molar-refractivity contribution in [1.29, 1.82) is 0 Å². The minimum Gasteiger partial charge on any atom is -0.354 e. The summed E-state index contributed by atoms with van der Waals surface area (Å²) in [6, 6.07) is 11.3. The maximum Gasteiger partial charge on any atom is 0.229 e. The number of nitrogens with one attached hydrogen (secondary N) is 4. The first-order valence-electron chi connectivity index (χ1n) is 9.42. The average molecular weight is 343 g/mol. The highest BCUT2D eigenvalue weighted by Gasteiger charge is 2.54. The molecule has 136 valence electrons. The molecule has 3 heterocycles. The zero-order valence-corrected chi connectivity index (χ0v) is 14.9. The number of amides is 1. The first-order valence-corrected chi connectivity index (χ1v) is 9.42. The number of fused-ring (bicyclic) bond motifs is 1. The molecule has 4 atom stereocenters. The molecular weight excluding hydrogens is 314 g/mol. The van der Waals surface area contributed by atoms with Crippen molar-refractivity contribution in [3.63, 3.8) is 0 Å². The lowest BCUT2D eigenvalue weighted by Crippen LogP contribution is -2.50. The van der Waals surface area contributed by atoms with E-state index in [1.165, 1.54) is 5.56 Å². The summed E-state index contributed by atoms with van der Waals surface area (Å²) < 4.78 is 0. The molecule has 4 N–H and O–H groups in total. The van der Waals surface area contributed by atoms with E-state index < -0.39 is 0 Å². The smallest absolute Gasteiger partial charge is 0.229 e. The van der Waals surface area contributed by atoms with E-state index in [0.29, 0.717) is 24.5 Å². The van der Waals surface area contributed by atoms with Crippen LogP contribution in [0.15, 0.2) is 30.3 Å². The van der Waals surface area contributed by atoms with Gasteiger partial charge in [0.25, 0.3) is 0 Å². The molecule has 0 bridgehead atoms. The number of hydrogen-bond acceptors (Lipinski definition) is 5. The van der Waals surface area contributed by atoms with Gasteiger partial charge in [0, 0.05) is 57.3 Å². The lowest BCUT2D eigenvalue weighted by Gasteiger charge is -2.27. The summed E-state index contributed by atoms with van der Waals surface area (Å²) >= 11 is 0. The van der Waals surface area contributed by atoms with E-state index in [1.807, 2.05) is 6.07 Å². The van der Waals surface area contributed by atoms with Crippen LogP contribution in [0.1, 0.15) is 18.9 Å². The summed E-state index contributed by atoms with van der Waals surface area (Å²) in [5, 5.41) is 6.68. The van der Waals surface area contributed by atoms with E-state index in [2.05, 4.69) is 57.6 Å². The third-order valence-corrected chi connectivity index (χ3v) is 5.98. The Labute approximate surface area is 149 Å². The highest BCUT2D eigenvalue weighted by atomic mass is 16.2. The minimum absolute atomic E-state index is 0.222. The summed E-state index contributed by atoms with van der Waals surface area (Å²) in [6.07, 6.45) is 1.05. The fourth-order valence-electron chi connectivity index (χ4n) is 4.64. The fourth-order valence-corrected chi connectivity index (χ4v) is 4.64. The molecule has 3 aliphatic heterocycles. The third-order valence-electron chi connectivity index (χ3n) is 5.98. The molecule has 4 rings (SSSR count). The van der Waals surface area contributed by atoms with Gasteiger partial charge in [-0.25, -0.2) is 0 Å². The van der Waals surface area contributed by atoms with Crippen LogP contribution < -0.4 is 21.5 Å². The highest BCUT2D eigenvalue weighted by Crippen LogP contribution is 2.39. The Kier molecular flexibility index (Phi) is 4.78. The van der Waals surface area contributed by atoms with Gasteiger partial charge in [-0.3, -0.25) is 20.5 Å². The maximum absolute atomic E-state index is 13.1. The van der Waals surface area contributed by atoms with Gasteiger partial charge in [0.1, 0.15) is 0 Å². The second kappa shape index (κ2) is 7.03. The molecular formula is C19H29N5O. The predicted octanol–water partition coefficient (Wildman–Crippen LogP) is 0.0792. The molecule has 1 aromatic carbocycles. The number of rotatable bonds is 5. The van der Waals surface area contributed by atoms with Crippen LogP contribution >= 0.6 is 0 Å². The van der Waals surface area contributed by atoms with Crippen LogP contribution in [0.3, 0.4) is 0 Å². The molecule has 0 spiro atoms. The number of nitrogens with zero attached hydrogens (tertiary/aromatic N) is 1. The Morgan fingerprint density at radius 2 is 2.16 bits per heavy atom. The third kappa shape index (κ3) is 3.44. The Morgan fingerprint density at radius 3 is 2.92 bits per heavy atom. The largest absolute Gasteiger partial charge is 0.354 e. The topological polar surface area (TPSA) is 68.4 Å². The monoisotopic (exact) mass is 343 g/mol. The number of carbonyl (C=O) groups is 1. The molecule has 0 aromatic heterocycles. The fraction of sp³-hybridized carbons (Fsp3) is 0.632. The van der Waals surface area contributed by atoms with Crippen LogP contribution in [-0.2, 0) is 11.3 Å². The minimum atomic E-state index is -0.271. The van der Waals surface area contributed by atoms with Crippen LogP contribution in [0.25, 0.3) is 0 Å². The summed E-state index contributed by atoms with van der Waals surface area (Å²) in [5.74, 6) is 0.629. The summed E-state index contributed by atoms with van der Waals surface area (Å²) in [5.41, 5.74) is 7.53. The lowest BCUT2D eigenvalue weighted by atomic mass is 9.80. The van der Waals surface area contributed by atoms with Crippen molar-refractivity contribution in [2.24, 2.45) is 11.3 Å². The number of hydrazine groups is 1. The zero-order valence-electron chi connectivity index (χ0n) is 14.9. The van der Waals surface area contributed by atoms with Crippen LogP contribution in [0.2, 0.25) is 0 Å². The molecule has 3 aliphatic rings. The molecule has 0 saturated carbocycles. The van der Waals surface area contributed by atoms with Gasteiger partial charge < -0.3 is 10.6 Å². The van der Waals surface area contributed by atoms with Gasteiger partial charge in [0.05, 0.1) is 5.41 Å². The quantitative estimate of drug-likeness (QED) is 0.610. The van der Waals surface area contributed by atoms with E-state index in [4.69, 9.17) is 0 Å². The van der Waals surface area contributed by atoms with E-state index in [0.717, 1.165) is 39.1 Å². The van der Waals surface area contributed by atoms with Crippen LogP contribution in [0, 0.1) is 11.3 Å². The molecule has 0 aliphatic carbocycles. The second-order valence-electron chi connectivity index (χ2n) is 7.97. The van der Waals surface area contributed by atoms with Crippen molar-refractivity contribution in [3.8, 4) is 0 Å². The number of carbonyl (C=O) groups excluding carboxylic acids is 1. The first kappa shape index (κ1) is 17.0. The number of benzene rings is 1. The Bertz CT molecular complexity index is 609. The first-order chi connectivity index (χ1) is 12.2. The molecule has 1 amide bonds. The van der Waals surface area contributed by atoms with Crippen LogP contribution in [0.4, 0.5) is 0 Å². The van der Waals surface area contributed by atoms with Crippen molar-refractivity contribution in [3.05, 3.63) is 35.9 Å². The Balaban J connectivity index is 1.37. The molecule has 0 radical (unpaired) electrons. The van der Waals surface area contributed by atoms with Gasteiger partial charge in [0.2, 0.25) is 5.91 Å². The van der Waals surface area contributed by atoms with Gasteiger partial charge in [-0.05, 0) is 18.9 Å². The second-order valence-corrected chi connectivity index (χ2v) is 7.97. The van der Waals surface area contributed by atoms with Crippen molar-refractivity contribution in [1.82, 2.24) is 26.4 Å². The highest BCUT2D eigenvalue weighted by molar-refractivity contribution is 5.84. The van der Waals surface area contributed by atoms with E-state index >= 15 is 0 Å². The Morgan fingerprint density at radius 1 is 1.32 bits per heavy atom.